The molecule has 6 nitrogen and oxygen atoms in total. The molecule has 2 rings (SSSR count). The van der Waals surface area contributed by atoms with Gasteiger partial charge in [-0.15, -0.1) is 13.2 Å². The number of nitrogen functional groups attached to an aromatic ring is 2. The summed E-state index contributed by atoms with van der Waals surface area (Å²) < 4.78 is 79.4. The number of aromatic nitrogens is 2. The highest BCUT2D eigenvalue weighted by Gasteiger charge is 2.39. The molecule has 132 valence electrons. The first kappa shape index (κ1) is 18.1. The Labute approximate surface area is 135 Å². The first-order valence-electron chi connectivity index (χ1n) is 6.23. The van der Waals surface area contributed by atoms with E-state index in [9.17, 15) is 26.3 Å². The Balaban J connectivity index is 2.69. The van der Waals surface area contributed by atoms with Crippen molar-refractivity contribution < 1.29 is 31.1 Å². The Bertz CT molecular complexity index is 856. The molecule has 0 aliphatic carbocycles. The summed E-state index contributed by atoms with van der Waals surface area (Å²) in [6, 6.07) is 3.27. The molecule has 12 heteroatoms. The topological polar surface area (TPSA) is 111 Å². The van der Waals surface area contributed by atoms with E-state index in [0.717, 1.165) is 6.07 Å². The summed E-state index contributed by atoms with van der Waals surface area (Å²) in [6.07, 6.45) is -10.5. The second kappa shape index (κ2) is 6.00. The average Bonchev–Trinajstić information content (AvgIpc) is 2.44. The lowest BCUT2D eigenvalue weighted by Gasteiger charge is -2.16. The van der Waals surface area contributed by atoms with E-state index in [1.807, 2.05) is 0 Å². The van der Waals surface area contributed by atoms with Crippen LogP contribution in [0.3, 0.4) is 0 Å². The summed E-state index contributed by atoms with van der Waals surface area (Å²) >= 11 is 0. The van der Waals surface area contributed by atoms with E-state index in [-0.39, 0.29) is 22.6 Å². The Hall–Kier alpha value is -3.23. The van der Waals surface area contributed by atoms with Crippen LogP contribution in [0.25, 0.3) is 11.3 Å². The second-order valence-corrected chi connectivity index (χ2v) is 4.56. The van der Waals surface area contributed by atoms with Gasteiger partial charge in [-0.2, -0.15) is 23.4 Å². The lowest BCUT2D eigenvalue weighted by atomic mass is 10.0. The lowest BCUT2D eigenvalue weighted by molar-refractivity contribution is -0.276. The molecule has 0 radical (unpaired) electrons. The summed E-state index contributed by atoms with van der Waals surface area (Å²) in [4.78, 5) is 7.13. The fourth-order valence-corrected chi connectivity index (χ4v) is 1.93. The molecule has 0 spiro atoms. The number of rotatable bonds is 2. The van der Waals surface area contributed by atoms with Crippen LogP contribution in [0.1, 0.15) is 11.1 Å². The van der Waals surface area contributed by atoms with Crippen LogP contribution < -0.4 is 16.2 Å². The van der Waals surface area contributed by atoms with E-state index in [1.54, 1.807) is 6.07 Å². The molecule has 1 heterocycles. The Morgan fingerprint density at radius 2 is 1.68 bits per heavy atom. The van der Waals surface area contributed by atoms with E-state index < -0.39 is 29.8 Å². The highest BCUT2D eigenvalue weighted by Crippen LogP contribution is 2.41. The fraction of sp³-hybridized carbons (Fsp3) is 0.154. The number of nitrogens with zero attached hydrogens (tertiary/aromatic N) is 3. The third-order valence-electron chi connectivity index (χ3n) is 2.85. The first-order chi connectivity index (χ1) is 11.4. The SMILES string of the molecule is N#Cc1c(N)nc(N)nc1-c1ccc(OC(F)(F)F)c(C(F)(F)F)c1. The molecule has 25 heavy (non-hydrogen) atoms. The van der Waals surface area contributed by atoms with Gasteiger partial charge < -0.3 is 16.2 Å². The van der Waals surface area contributed by atoms with E-state index in [4.69, 9.17) is 16.7 Å². The number of hydrogen-bond acceptors (Lipinski definition) is 6. The van der Waals surface area contributed by atoms with E-state index in [0.29, 0.717) is 12.1 Å². The molecule has 0 amide bonds. The zero-order valence-corrected chi connectivity index (χ0v) is 11.9. The molecular weight excluding hydrogens is 356 g/mol. The zero-order chi connectivity index (χ0) is 19.0. The van der Waals surface area contributed by atoms with Crippen LogP contribution >= 0.6 is 0 Å². The molecule has 0 fully saturated rings. The maximum absolute atomic E-state index is 13.1. The van der Waals surface area contributed by atoms with Gasteiger partial charge in [0.15, 0.2) is 0 Å². The molecular formula is C13H7F6N5O. The minimum atomic E-state index is -5.32. The van der Waals surface area contributed by atoms with Crippen LogP contribution in [0.2, 0.25) is 0 Å². The van der Waals surface area contributed by atoms with Crippen molar-refractivity contribution in [2.45, 2.75) is 12.5 Å². The van der Waals surface area contributed by atoms with Crippen molar-refractivity contribution in [1.29, 1.82) is 5.26 Å². The molecule has 0 aliphatic rings. The molecule has 0 saturated heterocycles. The van der Waals surface area contributed by atoms with Crippen molar-refractivity contribution in [2.75, 3.05) is 11.5 Å². The van der Waals surface area contributed by atoms with Crippen LogP contribution in [-0.4, -0.2) is 16.3 Å². The molecule has 0 bridgehead atoms. The van der Waals surface area contributed by atoms with Crippen molar-refractivity contribution in [3.8, 4) is 23.1 Å². The number of nitriles is 1. The summed E-state index contributed by atoms with van der Waals surface area (Å²) in [5.74, 6) is -2.25. The van der Waals surface area contributed by atoms with Gasteiger partial charge in [-0.1, -0.05) is 0 Å². The van der Waals surface area contributed by atoms with Crippen LogP contribution in [0, 0.1) is 11.3 Å². The molecule has 1 aromatic heterocycles. The predicted molar refractivity (Wildman–Crippen MR) is 72.7 cm³/mol. The van der Waals surface area contributed by atoms with Crippen molar-refractivity contribution in [1.82, 2.24) is 9.97 Å². The summed E-state index contributed by atoms with van der Waals surface area (Å²) in [7, 11) is 0. The standard InChI is InChI=1S/C13H7F6N5O/c14-12(15,16)7-3-5(1-2-8(7)25-13(17,18)19)9-6(4-20)10(21)24-11(22)23-9/h1-3H,(H4,21,22,23,24). The molecule has 1 aromatic carbocycles. The molecule has 2 aromatic rings. The van der Waals surface area contributed by atoms with Crippen LogP contribution in [0.4, 0.5) is 38.1 Å². The molecule has 0 atom stereocenters. The van der Waals surface area contributed by atoms with Gasteiger partial charge in [-0.05, 0) is 18.2 Å². The quantitative estimate of drug-likeness (QED) is 0.793. The molecule has 0 saturated carbocycles. The van der Waals surface area contributed by atoms with Crippen LogP contribution in [-0.2, 0) is 6.18 Å². The summed E-state index contributed by atoms with van der Waals surface area (Å²) in [5.41, 5.74) is 8.05. The molecule has 0 unspecified atom stereocenters. The average molecular weight is 363 g/mol. The third kappa shape index (κ3) is 4.00. The summed E-state index contributed by atoms with van der Waals surface area (Å²) in [5, 5.41) is 9.04. The van der Waals surface area contributed by atoms with Crippen molar-refractivity contribution in [3.05, 3.63) is 29.3 Å². The normalized spacial score (nSPS) is 11.9. The van der Waals surface area contributed by atoms with Crippen LogP contribution in [0.15, 0.2) is 18.2 Å². The third-order valence-corrected chi connectivity index (χ3v) is 2.85. The van der Waals surface area contributed by atoms with Gasteiger partial charge in [0.05, 0.1) is 11.3 Å². The summed E-state index contributed by atoms with van der Waals surface area (Å²) in [6.45, 7) is 0. The number of nitrogens with two attached hydrogens (primary N) is 2. The maximum atomic E-state index is 13.1. The van der Waals surface area contributed by atoms with E-state index in [2.05, 4.69) is 14.7 Å². The lowest BCUT2D eigenvalue weighted by Crippen LogP contribution is -2.20. The van der Waals surface area contributed by atoms with E-state index in [1.165, 1.54) is 0 Å². The number of alkyl halides is 6. The van der Waals surface area contributed by atoms with Gasteiger partial charge in [-0.3, -0.25) is 0 Å². The second-order valence-electron chi connectivity index (χ2n) is 4.56. The fourth-order valence-electron chi connectivity index (χ4n) is 1.93. The maximum Gasteiger partial charge on any atom is 0.573 e. The smallest absolute Gasteiger partial charge is 0.405 e. The van der Waals surface area contributed by atoms with Crippen molar-refractivity contribution in [2.24, 2.45) is 0 Å². The number of ether oxygens (including phenoxy) is 1. The number of halogens is 6. The Morgan fingerprint density at radius 1 is 1.04 bits per heavy atom. The molecule has 0 aliphatic heterocycles. The Kier molecular flexibility index (Phi) is 4.35. The van der Waals surface area contributed by atoms with Gasteiger partial charge in [-0.25, -0.2) is 4.98 Å². The van der Waals surface area contributed by atoms with Crippen molar-refractivity contribution >= 4 is 11.8 Å². The minimum absolute atomic E-state index is 0.334. The number of benzene rings is 1. The minimum Gasteiger partial charge on any atom is -0.405 e. The van der Waals surface area contributed by atoms with Gasteiger partial charge in [0.2, 0.25) is 5.95 Å². The Morgan fingerprint density at radius 3 is 2.20 bits per heavy atom. The number of anilines is 2. The van der Waals surface area contributed by atoms with Gasteiger partial charge in [0.25, 0.3) is 0 Å². The van der Waals surface area contributed by atoms with Gasteiger partial charge >= 0.3 is 12.5 Å². The van der Waals surface area contributed by atoms with Crippen LogP contribution in [0.5, 0.6) is 5.75 Å². The van der Waals surface area contributed by atoms with Gasteiger partial charge in [0.1, 0.15) is 23.2 Å². The largest absolute Gasteiger partial charge is 0.573 e. The monoisotopic (exact) mass is 363 g/mol. The first-order valence-corrected chi connectivity index (χ1v) is 6.23. The molecule has 4 N–H and O–H groups in total. The highest BCUT2D eigenvalue weighted by atomic mass is 19.4. The van der Waals surface area contributed by atoms with E-state index >= 15 is 0 Å². The van der Waals surface area contributed by atoms with Crippen molar-refractivity contribution in [3.63, 3.8) is 0 Å². The van der Waals surface area contributed by atoms with Gasteiger partial charge in [0, 0.05) is 5.56 Å². The number of hydrogen-bond donors (Lipinski definition) is 2. The predicted octanol–water partition coefficient (Wildman–Crippen LogP) is 3.10. The highest BCUT2D eigenvalue weighted by molar-refractivity contribution is 5.74. The zero-order valence-electron chi connectivity index (χ0n) is 11.9.